The summed E-state index contributed by atoms with van der Waals surface area (Å²) in [4.78, 5) is 19.9. The Kier molecular flexibility index (Phi) is 7.42. The van der Waals surface area contributed by atoms with Gasteiger partial charge >= 0.3 is 6.18 Å². The zero-order valence-corrected chi connectivity index (χ0v) is 24.4. The Bertz CT molecular complexity index is 1770. The molecule has 232 valence electrons. The summed E-state index contributed by atoms with van der Waals surface area (Å²) < 4.78 is 48.8. The minimum absolute atomic E-state index is 0.0117. The van der Waals surface area contributed by atoms with Crippen molar-refractivity contribution in [2.24, 2.45) is 5.92 Å². The first-order valence-electron chi connectivity index (χ1n) is 15.0. The molecule has 3 fully saturated rings. The molecule has 45 heavy (non-hydrogen) atoms. The van der Waals surface area contributed by atoms with Crippen LogP contribution in [-0.2, 0) is 18.3 Å². The summed E-state index contributed by atoms with van der Waals surface area (Å²) in [6, 6.07) is 9.39. The van der Waals surface area contributed by atoms with Gasteiger partial charge in [-0.05, 0) is 43.4 Å². The number of fused-ring (bicyclic) bond motifs is 1. The predicted octanol–water partition coefficient (Wildman–Crippen LogP) is 4.51. The van der Waals surface area contributed by atoms with Gasteiger partial charge in [0.1, 0.15) is 23.8 Å². The fourth-order valence-electron chi connectivity index (χ4n) is 6.87. The molecule has 0 unspecified atom stereocenters. The first-order valence-corrected chi connectivity index (χ1v) is 15.0. The van der Waals surface area contributed by atoms with Crippen LogP contribution >= 0.6 is 0 Å². The number of ether oxygens (including phenoxy) is 1. The van der Waals surface area contributed by atoms with Gasteiger partial charge in [-0.15, -0.1) is 0 Å². The molecule has 1 N–H and O–H groups in total. The van der Waals surface area contributed by atoms with Crippen molar-refractivity contribution in [2.75, 3.05) is 26.2 Å². The van der Waals surface area contributed by atoms with Gasteiger partial charge in [-0.25, -0.2) is 15.0 Å². The number of alkyl halides is 3. The molecule has 3 aliphatic rings. The third kappa shape index (κ3) is 5.72. The van der Waals surface area contributed by atoms with E-state index in [1.54, 1.807) is 12.3 Å². The third-order valence-corrected chi connectivity index (χ3v) is 9.31. The number of rotatable bonds is 8. The van der Waals surface area contributed by atoms with Gasteiger partial charge in [-0.1, -0.05) is 0 Å². The van der Waals surface area contributed by atoms with Crippen LogP contribution in [0.2, 0.25) is 0 Å². The number of hydrogen-bond donors (Lipinski definition) is 1. The first kappa shape index (κ1) is 29.2. The van der Waals surface area contributed by atoms with E-state index in [-0.39, 0.29) is 23.9 Å². The number of aromatic nitrogens is 6. The van der Waals surface area contributed by atoms with E-state index in [1.807, 2.05) is 28.0 Å². The summed E-state index contributed by atoms with van der Waals surface area (Å²) in [5.74, 6) is -0.0877. The van der Waals surface area contributed by atoms with E-state index in [9.17, 15) is 18.4 Å². The van der Waals surface area contributed by atoms with Crippen molar-refractivity contribution in [1.29, 1.82) is 10.5 Å². The number of halogens is 3. The number of aromatic amines is 1. The van der Waals surface area contributed by atoms with Gasteiger partial charge in [-0.2, -0.15) is 28.8 Å². The maximum absolute atomic E-state index is 13.6. The molecule has 0 bridgehead atoms. The summed E-state index contributed by atoms with van der Waals surface area (Å²) in [6.45, 7) is 2.89. The summed E-state index contributed by atoms with van der Waals surface area (Å²) in [5, 5.41) is 24.2. The monoisotopic (exact) mass is 616 g/mol. The van der Waals surface area contributed by atoms with Crippen molar-refractivity contribution in [3.05, 3.63) is 54.4 Å². The fraction of sp³-hybridized carbons (Fsp3) is 0.484. The summed E-state index contributed by atoms with van der Waals surface area (Å²) in [5.41, 5.74) is 1.51. The quantitative estimate of drug-likeness (QED) is 0.303. The van der Waals surface area contributed by atoms with E-state index in [0.717, 1.165) is 54.3 Å². The van der Waals surface area contributed by atoms with Crippen LogP contribution < -0.4 is 4.74 Å². The average Bonchev–Trinajstić information content (AvgIpc) is 3.67. The Labute approximate surface area is 257 Å². The average molecular weight is 617 g/mol. The number of likely N-dealkylation sites (tertiary alicyclic amines) is 2. The van der Waals surface area contributed by atoms with Crippen molar-refractivity contribution >= 4 is 11.0 Å². The molecule has 4 aromatic rings. The SMILES string of the molecule is N#CC[C@]1(n2cc(-c3ncnc4[nH]ccc34)cn2)C[C@H](N2CCC(Oc3cc(CN4CC(C#N)C4)cc(C(F)(F)F)n3)CC2)C1. The van der Waals surface area contributed by atoms with E-state index in [4.69, 9.17) is 10.00 Å². The largest absolute Gasteiger partial charge is 0.474 e. The third-order valence-electron chi connectivity index (χ3n) is 9.31. The van der Waals surface area contributed by atoms with Gasteiger partial charge in [-0.3, -0.25) is 14.5 Å². The van der Waals surface area contributed by atoms with Crippen LogP contribution in [0, 0.1) is 28.6 Å². The fourth-order valence-corrected chi connectivity index (χ4v) is 6.87. The molecule has 0 spiro atoms. The van der Waals surface area contributed by atoms with Crippen molar-refractivity contribution in [1.82, 2.24) is 39.5 Å². The zero-order valence-electron chi connectivity index (χ0n) is 24.4. The van der Waals surface area contributed by atoms with Crippen LogP contribution in [0.4, 0.5) is 13.2 Å². The second kappa shape index (κ2) is 11.4. The number of piperidine rings is 1. The van der Waals surface area contributed by atoms with Crippen LogP contribution in [0.15, 0.2) is 43.1 Å². The van der Waals surface area contributed by atoms with E-state index >= 15 is 0 Å². The highest BCUT2D eigenvalue weighted by Crippen LogP contribution is 2.46. The Hall–Kier alpha value is -4.53. The highest BCUT2D eigenvalue weighted by molar-refractivity contribution is 5.90. The number of nitrogens with zero attached hydrogens (tertiary/aromatic N) is 9. The van der Waals surface area contributed by atoms with Gasteiger partial charge in [0, 0.05) is 68.2 Å². The smallest absolute Gasteiger partial charge is 0.433 e. The van der Waals surface area contributed by atoms with Crippen LogP contribution in [0.25, 0.3) is 22.3 Å². The van der Waals surface area contributed by atoms with Crippen molar-refractivity contribution in [3.8, 4) is 29.3 Å². The molecule has 14 heteroatoms. The Morgan fingerprint density at radius 3 is 2.64 bits per heavy atom. The molecule has 2 aliphatic heterocycles. The molecule has 0 atom stereocenters. The summed E-state index contributed by atoms with van der Waals surface area (Å²) >= 11 is 0. The van der Waals surface area contributed by atoms with Crippen LogP contribution in [0.1, 0.15) is 43.4 Å². The summed E-state index contributed by atoms with van der Waals surface area (Å²) in [6.07, 6.45) is 5.48. The number of nitrogens with one attached hydrogen (secondary N) is 1. The van der Waals surface area contributed by atoms with E-state index in [1.165, 1.54) is 6.33 Å². The highest BCUT2D eigenvalue weighted by atomic mass is 19.4. The number of pyridine rings is 1. The molecule has 0 amide bonds. The lowest BCUT2D eigenvalue weighted by atomic mass is 9.69. The molecular formula is C31H31F3N10O. The zero-order chi connectivity index (χ0) is 31.2. The lowest BCUT2D eigenvalue weighted by Gasteiger charge is -2.52. The van der Waals surface area contributed by atoms with Gasteiger partial charge in [0.25, 0.3) is 0 Å². The highest BCUT2D eigenvalue weighted by Gasteiger charge is 2.49. The molecule has 0 radical (unpaired) electrons. The van der Waals surface area contributed by atoms with E-state index in [2.05, 4.69) is 42.1 Å². The van der Waals surface area contributed by atoms with E-state index < -0.39 is 17.4 Å². The molecule has 4 aromatic heterocycles. The molecule has 1 saturated carbocycles. The van der Waals surface area contributed by atoms with Gasteiger partial charge in [0.2, 0.25) is 5.88 Å². The van der Waals surface area contributed by atoms with Crippen molar-refractivity contribution < 1.29 is 17.9 Å². The Morgan fingerprint density at radius 1 is 1.11 bits per heavy atom. The standard InChI is InChI=1S/C31H31F3N10O/c32-31(33,34)26-9-20(15-42-16-21(13-36)17-42)10-27(41-26)45-24-2-7-43(8-3-24)23-11-30(12-23,4-5-35)44-18-22(14-40-44)28-25-1-6-37-29(25)39-19-38-28/h1,6,9-10,14,18-19,21,23-24H,2-4,7-8,11-12,15-17H2,(H,37,38,39)/t23-,30-. The van der Waals surface area contributed by atoms with Gasteiger partial charge in [0.05, 0.1) is 41.9 Å². The normalized spacial score (nSPS) is 23.3. The molecule has 0 aromatic carbocycles. The maximum Gasteiger partial charge on any atom is 0.433 e. The first-order chi connectivity index (χ1) is 21.7. The van der Waals surface area contributed by atoms with Crippen molar-refractivity contribution in [3.63, 3.8) is 0 Å². The van der Waals surface area contributed by atoms with Crippen LogP contribution in [0.3, 0.4) is 0 Å². The molecule has 7 rings (SSSR count). The van der Waals surface area contributed by atoms with E-state index in [0.29, 0.717) is 44.5 Å². The number of nitriles is 2. The van der Waals surface area contributed by atoms with Gasteiger partial charge in [0.15, 0.2) is 0 Å². The Balaban J connectivity index is 0.977. The molecule has 2 saturated heterocycles. The second-order valence-corrected chi connectivity index (χ2v) is 12.3. The lowest BCUT2D eigenvalue weighted by molar-refractivity contribution is -0.141. The number of H-pyrrole nitrogens is 1. The van der Waals surface area contributed by atoms with Gasteiger partial charge < -0.3 is 9.72 Å². The second-order valence-electron chi connectivity index (χ2n) is 12.3. The maximum atomic E-state index is 13.6. The lowest BCUT2D eigenvalue weighted by Crippen LogP contribution is -2.58. The van der Waals surface area contributed by atoms with Crippen LogP contribution in [0.5, 0.6) is 5.88 Å². The predicted molar refractivity (Wildman–Crippen MR) is 155 cm³/mol. The molecule has 6 heterocycles. The minimum atomic E-state index is -4.58. The molecular weight excluding hydrogens is 585 g/mol. The van der Waals surface area contributed by atoms with Crippen molar-refractivity contribution in [2.45, 2.75) is 62.5 Å². The Morgan fingerprint density at radius 2 is 1.91 bits per heavy atom. The molecule has 11 nitrogen and oxygen atoms in total. The minimum Gasteiger partial charge on any atom is -0.474 e. The number of hydrogen-bond acceptors (Lipinski definition) is 9. The summed E-state index contributed by atoms with van der Waals surface area (Å²) in [7, 11) is 0. The topological polar surface area (TPSA) is 136 Å². The molecule has 1 aliphatic carbocycles. The van der Waals surface area contributed by atoms with Crippen LogP contribution in [-0.4, -0.2) is 77.8 Å².